The third-order valence-electron chi connectivity index (χ3n) is 4.95. The van der Waals surface area contributed by atoms with Crippen molar-refractivity contribution in [2.24, 2.45) is 5.92 Å². The van der Waals surface area contributed by atoms with Gasteiger partial charge in [-0.3, -0.25) is 14.4 Å². The largest absolute Gasteiger partial charge is 0.455 e. The average molecular weight is 421 g/mol. The Hall–Kier alpha value is -3.48. The van der Waals surface area contributed by atoms with E-state index < -0.39 is 5.97 Å². The Morgan fingerprint density at radius 3 is 2.39 bits per heavy atom. The number of hydrogen-bond acceptors (Lipinski definition) is 5. The average Bonchev–Trinajstić information content (AvgIpc) is 2.74. The first-order valence-electron chi connectivity index (χ1n) is 10.3. The number of ether oxygens (including phenoxy) is 1. The van der Waals surface area contributed by atoms with E-state index in [1.807, 2.05) is 19.1 Å². The van der Waals surface area contributed by atoms with Crippen molar-refractivity contribution < 1.29 is 14.3 Å². The first-order chi connectivity index (χ1) is 14.8. The lowest BCUT2D eigenvalue weighted by Gasteiger charge is -2.15. The normalized spacial score (nSPS) is 12.0. The molecule has 0 unspecified atom stereocenters. The number of H-pyrrole nitrogens is 1. The van der Waals surface area contributed by atoms with Crippen LogP contribution in [-0.4, -0.2) is 28.7 Å². The van der Waals surface area contributed by atoms with E-state index in [1.165, 1.54) is 5.56 Å². The lowest BCUT2D eigenvalue weighted by molar-refractivity contribution is -0.148. The van der Waals surface area contributed by atoms with Gasteiger partial charge in [0.15, 0.2) is 6.61 Å². The van der Waals surface area contributed by atoms with E-state index in [4.69, 9.17) is 4.74 Å². The number of carbonyl (C=O) groups excluding carboxylic acids is 2. The second-order valence-corrected chi connectivity index (χ2v) is 8.01. The molecule has 0 aliphatic rings. The zero-order valence-electron chi connectivity index (χ0n) is 18.0. The van der Waals surface area contributed by atoms with Gasteiger partial charge in [0, 0.05) is 5.39 Å². The molecular formula is C24H27N3O4. The molecule has 3 aromatic rings. The number of carbonyl (C=O) groups is 2. The predicted molar refractivity (Wildman–Crippen MR) is 119 cm³/mol. The van der Waals surface area contributed by atoms with E-state index >= 15 is 0 Å². The fraction of sp³-hybridized carbons (Fsp3) is 0.333. The number of aromatic amines is 1. The Bertz CT molecular complexity index is 1120. The van der Waals surface area contributed by atoms with Gasteiger partial charge in [0.25, 0.3) is 11.5 Å². The highest BCUT2D eigenvalue weighted by Gasteiger charge is 2.15. The van der Waals surface area contributed by atoms with Gasteiger partial charge in [-0.2, -0.15) is 5.10 Å². The Morgan fingerprint density at radius 1 is 1.03 bits per heavy atom. The molecule has 0 saturated carbocycles. The molecule has 1 atom stereocenters. The number of esters is 1. The highest BCUT2D eigenvalue weighted by molar-refractivity contribution is 5.87. The number of amides is 1. The minimum absolute atomic E-state index is 0.141. The van der Waals surface area contributed by atoms with Gasteiger partial charge in [-0.1, -0.05) is 56.3 Å². The summed E-state index contributed by atoms with van der Waals surface area (Å²) in [6.07, 6.45) is 0.869. The molecule has 2 aromatic carbocycles. The van der Waals surface area contributed by atoms with Crippen molar-refractivity contribution in [2.45, 2.75) is 39.7 Å². The monoisotopic (exact) mass is 421 g/mol. The van der Waals surface area contributed by atoms with E-state index in [0.29, 0.717) is 22.4 Å². The Labute approximate surface area is 180 Å². The fourth-order valence-corrected chi connectivity index (χ4v) is 3.42. The van der Waals surface area contributed by atoms with Gasteiger partial charge in [0.2, 0.25) is 0 Å². The first-order valence-corrected chi connectivity index (χ1v) is 10.3. The molecular weight excluding hydrogens is 394 g/mol. The maximum absolute atomic E-state index is 12.2. The second-order valence-electron chi connectivity index (χ2n) is 8.01. The minimum Gasteiger partial charge on any atom is -0.455 e. The van der Waals surface area contributed by atoms with Crippen LogP contribution >= 0.6 is 0 Å². The standard InChI is InChI=1S/C24H27N3O4/c1-15(2)12-17-8-10-18(11-9-17)16(3)25-22(28)14-31-23(29)13-21-19-6-4-5-7-20(19)24(30)27-26-21/h4-11,15-16H,12-14H2,1-3H3,(H,25,28)(H,27,30)/t16-/m0/s1. The maximum Gasteiger partial charge on any atom is 0.312 e. The Kier molecular flexibility index (Phi) is 7.18. The van der Waals surface area contributed by atoms with E-state index in [2.05, 4.69) is 41.5 Å². The van der Waals surface area contributed by atoms with E-state index in [9.17, 15) is 14.4 Å². The quantitative estimate of drug-likeness (QED) is 0.545. The number of fused-ring (bicyclic) bond motifs is 1. The summed E-state index contributed by atoms with van der Waals surface area (Å²) in [5.41, 5.74) is 2.32. The smallest absolute Gasteiger partial charge is 0.312 e. The highest BCUT2D eigenvalue weighted by Crippen LogP contribution is 2.16. The number of hydrogen-bond donors (Lipinski definition) is 2. The van der Waals surface area contributed by atoms with Crippen LogP contribution in [0.2, 0.25) is 0 Å². The molecule has 7 heteroatoms. The van der Waals surface area contributed by atoms with Gasteiger partial charge >= 0.3 is 5.97 Å². The topological polar surface area (TPSA) is 101 Å². The minimum atomic E-state index is -0.592. The Balaban J connectivity index is 1.52. The summed E-state index contributed by atoms with van der Waals surface area (Å²) in [6, 6.07) is 14.8. The van der Waals surface area contributed by atoms with E-state index in [0.717, 1.165) is 12.0 Å². The molecule has 7 nitrogen and oxygen atoms in total. The second kappa shape index (κ2) is 10.0. The molecule has 31 heavy (non-hydrogen) atoms. The van der Waals surface area contributed by atoms with Gasteiger partial charge < -0.3 is 10.1 Å². The molecule has 1 heterocycles. The SMILES string of the molecule is CC(C)Cc1ccc([C@H](C)NC(=O)COC(=O)Cc2n[nH]c(=O)c3ccccc23)cc1. The lowest BCUT2D eigenvalue weighted by Crippen LogP contribution is -2.31. The van der Waals surface area contributed by atoms with Crippen LogP contribution in [0.5, 0.6) is 0 Å². The molecule has 0 saturated heterocycles. The molecule has 1 aromatic heterocycles. The fourth-order valence-electron chi connectivity index (χ4n) is 3.42. The number of nitrogens with zero attached hydrogens (tertiary/aromatic N) is 1. The van der Waals surface area contributed by atoms with Crippen LogP contribution in [0.4, 0.5) is 0 Å². The van der Waals surface area contributed by atoms with Crippen LogP contribution in [0.1, 0.15) is 43.6 Å². The van der Waals surface area contributed by atoms with Crippen LogP contribution in [-0.2, 0) is 27.2 Å². The molecule has 0 aliphatic heterocycles. The summed E-state index contributed by atoms with van der Waals surface area (Å²) in [4.78, 5) is 36.2. The zero-order chi connectivity index (χ0) is 22.4. The first kappa shape index (κ1) is 22.2. The van der Waals surface area contributed by atoms with Crippen LogP contribution in [0, 0.1) is 5.92 Å². The van der Waals surface area contributed by atoms with Gasteiger partial charge in [0.05, 0.1) is 23.5 Å². The number of benzene rings is 2. The molecule has 0 aliphatic carbocycles. The van der Waals surface area contributed by atoms with Gasteiger partial charge in [0.1, 0.15) is 0 Å². The molecule has 162 valence electrons. The number of rotatable bonds is 8. The van der Waals surface area contributed by atoms with Gasteiger partial charge in [-0.25, -0.2) is 5.10 Å². The van der Waals surface area contributed by atoms with Gasteiger partial charge in [-0.05, 0) is 36.5 Å². The number of nitrogens with one attached hydrogen (secondary N) is 2. The van der Waals surface area contributed by atoms with Crippen LogP contribution in [0.25, 0.3) is 10.8 Å². The van der Waals surface area contributed by atoms with Crippen LogP contribution in [0.3, 0.4) is 0 Å². The van der Waals surface area contributed by atoms with Crippen LogP contribution < -0.4 is 10.9 Å². The van der Waals surface area contributed by atoms with Crippen molar-refractivity contribution >= 4 is 22.6 Å². The summed E-state index contributed by atoms with van der Waals surface area (Å²) >= 11 is 0. The summed E-state index contributed by atoms with van der Waals surface area (Å²) in [7, 11) is 0. The summed E-state index contributed by atoms with van der Waals surface area (Å²) in [5.74, 6) is -0.390. The molecule has 0 radical (unpaired) electrons. The van der Waals surface area contributed by atoms with Crippen LogP contribution in [0.15, 0.2) is 53.3 Å². The van der Waals surface area contributed by atoms with Crippen molar-refractivity contribution in [2.75, 3.05) is 6.61 Å². The molecule has 2 N–H and O–H groups in total. The Morgan fingerprint density at radius 2 is 1.71 bits per heavy atom. The predicted octanol–water partition coefficient (Wildman–Crippen LogP) is 3.08. The highest BCUT2D eigenvalue weighted by atomic mass is 16.5. The molecule has 0 bridgehead atoms. The molecule has 3 rings (SSSR count). The molecule has 0 fully saturated rings. The molecule has 1 amide bonds. The number of aromatic nitrogens is 2. The summed E-state index contributed by atoms with van der Waals surface area (Å²) in [5, 5.41) is 10.2. The third kappa shape index (κ3) is 6.01. The van der Waals surface area contributed by atoms with Gasteiger partial charge in [-0.15, -0.1) is 0 Å². The lowest BCUT2D eigenvalue weighted by atomic mass is 10.00. The van der Waals surface area contributed by atoms with Crippen molar-refractivity contribution in [3.05, 3.63) is 75.7 Å². The van der Waals surface area contributed by atoms with Crippen molar-refractivity contribution in [1.29, 1.82) is 0 Å². The van der Waals surface area contributed by atoms with Crippen molar-refractivity contribution in [3.63, 3.8) is 0 Å². The van der Waals surface area contributed by atoms with Crippen molar-refractivity contribution in [1.82, 2.24) is 15.5 Å². The summed E-state index contributed by atoms with van der Waals surface area (Å²) < 4.78 is 5.10. The van der Waals surface area contributed by atoms with Crippen molar-refractivity contribution in [3.8, 4) is 0 Å². The summed E-state index contributed by atoms with van der Waals surface area (Å²) in [6.45, 7) is 5.85. The maximum atomic E-state index is 12.2. The third-order valence-corrected chi connectivity index (χ3v) is 4.95. The zero-order valence-corrected chi connectivity index (χ0v) is 18.0. The van der Waals surface area contributed by atoms with E-state index in [-0.39, 0.29) is 30.5 Å². The van der Waals surface area contributed by atoms with E-state index in [1.54, 1.807) is 24.3 Å². The molecule has 0 spiro atoms.